The minimum Gasteiger partial charge on any atom is -0.375 e. The van der Waals surface area contributed by atoms with E-state index in [1.54, 1.807) is 6.92 Å². The summed E-state index contributed by atoms with van der Waals surface area (Å²) in [5, 5.41) is 0. The van der Waals surface area contributed by atoms with Crippen LogP contribution in [0.25, 0.3) is 0 Å². The molecule has 0 aliphatic rings. The van der Waals surface area contributed by atoms with Crippen LogP contribution in [0, 0.1) is 0 Å². The molecule has 0 heterocycles. The van der Waals surface area contributed by atoms with Crippen LogP contribution in [0.3, 0.4) is 0 Å². The smallest absolute Gasteiger partial charge is 0.150 e. The predicted molar refractivity (Wildman–Crippen MR) is 76.5 cm³/mol. The van der Waals surface area contributed by atoms with E-state index >= 15 is 0 Å². The third-order valence-corrected chi connectivity index (χ3v) is 4.79. The van der Waals surface area contributed by atoms with Gasteiger partial charge in [0.1, 0.15) is 9.84 Å². The molecule has 0 spiro atoms. The second-order valence-electron chi connectivity index (χ2n) is 4.38. The summed E-state index contributed by atoms with van der Waals surface area (Å²) in [6.45, 7) is 2.96. The van der Waals surface area contributed by atoms with Gasteiger partial charge in [0.25, 0.3) is 0 Å². The Morgan fingerprint density at radius 1 is 1.22 bits per heavy atom. The van der Waals surface area contributed by atoms with Gasteiger partial charge in [-0.1, -0.05) is 19.1 Å². The van der Waals surface area contributed by atoms with Gasteiger partial charge in [0, 0.05) is 31.6 Å². The van der Waals surface area contributed by atoms with Crippen molar-refractivity contribution in [3.63, 3.8) is 0 Å². The Morgan fingerprint density at radius 3 is 2.33 bits per heavy atom. The number of benzene rings is 1. The van der Waals surface area contributed by atoms with Crippen molar-refractivity contribution < 1.29 is 8.42 Å². The van der Waals surface area contributed by atoms with Crippen LogP contribution in [0.2, 0.25) is 0 Å². The summed E-state index contributed by atoms with van der Waals surface area (Å²) in [6.07, 6.45) is 0.658. The van der Waals surface area contributed by atoms with E-state index in [4.69, 9.17) is 5.73 Å². The Morgan fingerprint density at radius 2 is 1.83 bits per heavy atom. The highest BCUT2D eigenvalue weighted by atomic mass is 32.2. The van der Waals surface area contributed by atoms with Crippen molar-refractivity contribution >= 4 is 15.5 Å². The van der Waals surface area contributed by atoms with Gasteiger partial charge in [0.15, 0.2) is 0 Å². The first-order valence-electron chi connectivity index (χ1n) is 6.19. The average Bonchev–Trinajstić information content (AvgIpc) is 2.38. The number of nitrogens with two attached hydrogens (primary N) is 1. The summed E-state index contributed by atoms with van der Waals surface area (Å²) in [5.74, 6) is 0.483. The van der Waals surface area contributed by atoms with E-state index in [0.717, 1.165) is 17.8 Å². The van der Waals surface area contributed by atoms with Gasteiger partial charge in [-0.3, -0.25) is 0 Å². The Labute approximate surface area is 110 Å². The van der Waals surface area contributed by atoms with E-state index in [2.05, 4.69) is 4.90 Å². The zero-order valence-corrected chi connectivity index (χ0v) is 11.9. The summed E-state index contributed by atoms with van der Waals surface area (Å²) >= 11 is 0. The normalized spacial score (nSPS) is 11.5. The molecular weight excluding hydrogens is 248 g/mol. The molecule has 0 radical (unpaired) electrons. The third-order valence-electron chi connectivity index (χ3n) is 3.00. The Kier molecular flexibility index (Phi) is 5.62. The van der Waals surface area contributed by atoms with Crippen molar-refractivity contribution in [3.05, 3.63) is 29.8 Å². The number of sulfone groups is 1. The van der Waals surface area contributed by atoms with Gasteiger partial charge in [-0.05, 0) is 24.1 Å². The molecule has 102 valence electrons. The maximum absolute atomic E-state index is 11.4. The zero-order valence-electron chi connectivity index (χ0n) is 11.1. The van der Waals surface area contributed by atoms with Crippen LogP contribution in [0.5, 0.6) is 0 Å². The minimum atomic E-state index is -2.85. The molecular formula is C13H22N2O2S. The molecule has 4 nitrogen and oxygen atoms in total. The largest absolute Gasteiger partial charge is 0.375 e. The van der Waals surface area contributed by atoms with Crippen molar-refractivity contribution in [1.29, 1.82) is 0 Å². The lowest BCUT2D eigenvalue weighted by atomic mass is 10.2. The van der Waals surface area contributed by atoms with Crippen LogP contribution >= 0.6 is 0 Å². The summed E-state index contributed by atoms with van der Waals surface area (Å²) < 4.78 is 22.7. The van der Waals surface area contributed by atoms with E-state index in [1.165, 1.54) is 0 Å². The fourth-order valence-corrected chi connectivity index (χ4v) is 2.54. The van der Waals surface area contributed by atoms with E-state index in [1.807, 2.05) is 31.3 Å². The van der Waals surface area contributed by atoms with E-state index < -0.39 is 9.84 Å². The minimum absolute atomic E-state index is 0.224. The molecule has 5 heteroatoms. The molecule has 1 aromatic carbocycles. The molecule has 2 N–H and O–H groups in total. The van der Waals surface area contributed by atoms with Gasteiger partial charge in [-0.2, -0.15) is 0 Å². The number of anilines is 1. The molecule has 0 atom stereocenters. The molecule has 0 fully saturated rings. The lowest BCUT2D eigenvalue weighted by molar-refractivity contribution is 0.594. The highest BCUT2D eigenvalue weighted by molar-refractivity contribution is 7.91. The molecule has 18 heavy (non-hydrogen) atoms. The topological polar surface area (TPSA) is 63.4 Å². The van der Waals surface area contributed by atoms with Crippen molar-refractivity contribution in [2.75, 3.05) is 30.0 Å². The lowest BCUT2D eigenvalue weighted by Crippen LogP contribution is -2.21. The second kappa shape index (κ2) is 6.75. The molecule has 0 bridgehead atoms. The summed E-state index contributed by atoms with van der Waals surface area (Å²) in [5.41, 5.74) is 7.72. The molecule has 1 aromatic rings. The number of nitrogens with zero attached hydrogens (tertiary/aromatic N) is 1. The quantitative estimate of drug-likeness (QED) is 0.813. The molecule has 0 saturated heterocycles. The molecule has 0 aliphatic carbocycles. The third kappa shape index (κ3) is 4.66. The fraction of sp³-hybridized carbons (Fsp3) is 0.538. The number of hydrogen-bond donors (Lipinski definition) is 1. The Balaban J connectivity index is 2.47. The zero-order chi connectivity index (χ0) is 13.6. The highest BCUT2D eigenvalue weighted by Crippen LogP contribution is 2.14. The van der Waals surface area contributed by atoms with Crippen LogP contribution in [0.4, 0.5) is 5.69 Å². The first-order chi connectivity index (χ1) is 8.48. The Bertz CT molecular complexity index is 454. The SMILES string of the molecule is CCS(=O)(=O)CCCN(C)c1ccc(CN)cc1. The standard InChI is InChI=1S/C13H22N2O2S/c1-3-18(16,17)10-4-9-15(2)13-7-5-12(11-14)6-8-13/h5-8H,3-4,9-11,14H2,1-2H3. The van der Waals surface area contributed by atoms with Gasteiger partial charge < -0.3 is 10.6 Å². The summed E-state index contributed by atoms with van der Waals surface area (Å²) in [6, 6.07) is 8.01. The summed E-state index contributed by atoms with van der Waals surface area (Å²) in [7, 11) is -0.883. The van der Waals surface area contributed by atoms with Crippen molar-refractivity contribution in [2.45, 2.75) is 19.9 Å². The van der Waals surface area contributed by atoms with E-state index in [0.29, 0.717) is 13.0 Å². The molecule has 0 saturated carbocycles. The first kappa shape index (κ1) is 15.0. The average molecular weight is 270 g/mol. The fourth-order valence-electron chi connectivity index (χ4n) is 1.68. The van der Waals surface area contributed by atoms with Gasteiger partial charge in [-0.15, -0.1) is 0 Å². The van der Waals surface area contributed by atoms with Crippen LogP contribution in [-0.4, -0.2) is 33.5 Å². The van der Waals surface area contributed by atoms with Crippen LogP contribution < -0.4 is 10.6 Å². The molecule has 0 aromatic heterocycles. The van der Waals surface area contributed by atoms with Crippen molar-refractivity contribution in [2.24, 2.45) is 5.73 Å². The van der Waals surface area contributed by atoms with Crippen LogP contribution in [-0.2, 0) is 16.4 Å². The summed E-state index contributed by atoms with van der Waals surface area (Å²) in [4.78, 5) is 2.06. The highest BCUT2D eigenvalue weighted by Gasteiger charge is 2.08. The molecule has 1 rings (SSSR count). The van der Waals surface area contributed by atoms with E-state index in [-0.39, 0.29) is 11.5 Å². The van der Waals surface area contributed by atoms with Crippen molar-refractivity contribution in [3.8, 4) is 0 Å². The second-order valence-corrected chi connectivity index (χ2v) is 6.85. The first-order valence-corrected chi connectivity index (χ1v) is 8.01. The van der Waals surface area contributed by atoms with Crippen molar-refractivity contribution in [1.82, 2.24) is 0 Å². The van der Waals surface area contributed by atoms with Gasteiger partial charge in [0.05, 0.1) is 5.75 Å². The number of rotatable bonds is 7. The van der Waals surface area contributed by atoms with Gasteiger partial charge in [0.2, 0.25) is 0 Å². The molecule has 0 aliphatic heterocycles. The van der Waals surface area contributed by atoms with Gasteiger partial charge >= 0.3 is 0 Å². The maximum atomic E-state index is 11.4. The van der Waals surface area contributed by atoms with Crippen LogP contribution in [0.1, 0.15) is 18.9 Å². The van der Waals surface area contributed by atoms with Gasteiger partial charge in [-0.25, -0.2) is 8.42 Å². The molecule has 0 amide bonds. The lowest BCUT2D eigenvalue weighted by Gasteiger charge is -2.19. The van der Waals surface area contributed by atoms with Crippen LogP contribution in [0.15, 0.2) is 24.3 Å². The van der Waals surface area contributed by atoms with E-state index in [9.17, 15) is 8.42 Å². The predicted octanol–water partition coefficient (Wildman–Crippen LogP) is 1.41. The Hall–Kier alpha value is -1.07. The number of hydrogen-bond acceptors (Lipinski definition) is 4. The molecule has 0 unspecified atom stereocenters. The monoisotopic (exact) mass is 270 g/mol. The maximum Gasteiger partial charge on any atom is 0.150 e.